The van der Waals surface area contributed by atoms with E-state index in [2.05, 4.69) is 34.9 Å². The Morgan fingerprint density at radius 3 is 2.70 bits per heavy atom. The van der Waals surface area contributed by atoms with Crippen LogP contribution < -0.4 is 5.32 Å². The number of hydrogen-bond acceptors (Lipinski definition) is 2. The van der Waals surface area contributed by atoms with Gasteiger partial charge in [0, 0.05) is 31.4 Å². The van der Waals surface area contributed by atoms with Gasteiger partial charge in [0.15, 0.2) is 0 Å². The van der Waals surface area contributed by atoms with Crippen molar-refractivity contribution in [3.8, 4) is 0 Å². The predicted octanol–water partition coefficient (Wildman–Crippen LogP) is 2.72. The molecule has 0 saturated heterocycles. The van der Waals surface area contributed by atoms with Crippen molar-refractivity contribution in [1.82, 2.24) is 14.9 Å². The van der Waals surface area contributed by atoms with E-state index in [1.807, 2.05) is 6.20 Å². The van der Waals surface area contributed by atoms with Gasteiger partial charge in [-0.15, -0.1) is 0 Å². The molecule has 110 valence electrons. The van der Waals surface area contributed by atoms with Crippen molar-refractivity contribution in [2.24, 2.45) is 29.6 Å². The normalized spacial score (nSPS) is 39.0. The molecule has 3 fully saturated rings. The first-order valence-corrected chi connectivity index (χ1v) is 8.56. The standard InChI is InChI=1S/C17H27N3/c1-3-18-13(10-14-19-7-8-20(14)4-2)17-15-11-5-6-12(9-11)16(15)17/h7-8,11-13,15-18H,3-6,9-10H2,1-2H3. The van der Waals surface area contributed by atoms with Crippen molar-refractivity contribution >= 4 is 0 Å². The Labute approximate surface area is 122 Å². The fourth-order valence-corrected chi connectivity index (χ4v) is 5.55. The first-order chi connectivity index (χ1) is 9.83. The van der Waals surface area contributed by atoms with E-state index in [1.54, 1.807) is 6.42 Å². The number of aromatic nitrogens is 2. The van der Waals surface area contributed by atoms with Crippen molar-refractivity contribution in [3.63, 3.8) is 0 Å². The summed E-state index contributed by atoms with van der Waals surface area (Å²) in [4.78, 5) is 4.59. The number of hydrogen-bond donors (Lipinski definition) is 1. The Morgan fingerprint density at radius 1 is 1.30 bits per heavy atom. The van der Waals surface area contributed by atoms with Gasteiger partial charge in [0.2, 0.25) is 0 Å². The minimum Gasteiger partial charge on any atom is -0.335 e. The molecule has 3 aliphatic carbocycles. The van der Waals surface area contributed by atoms with Crippen molar-refractivity contribution in [3.05, 3.63) is 18.2 Å². The number of fused-ring (bicyclic) bond motifs is 5. The van der Waals surface area contributed by atoms with Crippen LogP contribution in [0, 0.1) is 29.6 Å². The number of imidazole rings is 1. The Balaban J connectivity index is 1.49. The average molecular weight is 273 g/mol. The molecule has 0 spiro atoms. The molecule has 0 aromatic carbocycles. The summed E-state index contributed by atoms with van der Waals surface area (Å²) in [6.45, 7) is 6.57. The molecule has 1 heterocycles. The van der Waals surface area contributed by atoms with Crippen LogP contribution in [-0.2, 0) is 13.0 Å². The smallest absolute Gasteiger partial charge is 0.110 e. The summed E-state index contributed by atoms with van der Waals surface area (Å²) in [6.07, 6.45) is 9.78. The molecule has 20 heavy (non-hydrogen) atoms. The van der Waals surface area contributed by atoms with E-state index in [1.165, 1.54) is 18.7 Å². The molecule has 0 amide bonds. The molecule has 3 saturated carbocycles. The van der Waals surface area contributed by atoms with Crippen LogP contribution in [0.5, 0.6) is 0 Å². The fraction of sp³-hybridized carbons (Fsp3) is 0.824. The second-order valence-electron chi connectivity index (χ2n) is 7.06. The number of likely N-dealkylation sites (N-methyl/N-ethyl adjacent to an activating group) is 1. The fourth-order valence-electron chi connectivity index (χ4n) is 5.55. The van der Waals surface area contributed by atoms with Gasteiger partial charge in [-0.1, -0.05) is 6.92 Å². The summed E-state index contributed by atoms with van der Waals surface area (Å²) in [6, 6.07) is 0.658. The van der Waals surface area contributed by atoms with Crippen LogP contribution in [0.3, 0.4) is 0 Å². The molecule has 0 aliphatic heterocycles. The monoisotopic (exact) mass is 273 g/mol. The van der Waals surface area contributed by atoms with Crippen LogP contribution in [0.15, 0.2) is 12.4 Å². The van der Waals surface area contributed by atoms with Gasteiger partial charge in [0.05, 0.1) is 0 Å². The van der Waals surface area contributed by atoms with Crippen LogP contribution in [0.1, 0.15) is 38.9 Å². The highest BCUT2D eigenvalue weighted by molar-refractivity contribution is 5.17. The largest absolute Gasteiger partial charge is 0.335 e. The third kappa shape index (κ3) is 1.86. The van der Waals surface area contributed by atoms with Gasteiger partial charge < -0.3 is 9.88 Å². The van der Waals surface area contributed by atoms with Gasteiger partial charge in [-0.3, -0.25) is 0 Å². The second kappa shape index (κ2) is 4.87. The van der Waals surface area contributed by atoms with Crippen LogP contribution in [-0.4, -0.2) is 22.1 Å². The summed E-state index contributed by atoms with van der Waals surface area (Å²) < 4.78 is 2.30. The molecule has 5 atom stereocenters. The van der Waals surface area contributed by atoms with Gasteiger partial charge in [-0.25, -0.2) is 4.98 Å². The van der Waals surface area contributed by atoms with E-state index in [0.29, 0.717) is 6.04 Å². The zero-order chi connectivity index (χ0) is 13.7. The van der Waals surface area contributed by atoms with E-state index in [9.17, 15) is 0 Å². The Hall–Kier alpha value is -0.830. The van der Waals surface area contributed by atoms with Gasteiger partial charge >= 0.3 is 0 Å². The molecular formula is C17H27N3. The highest BCUT2D eigenvalue weighted by atomic mass is 15.1. The lowest BCUT2D eigenvalue weighted by Gasteiger charge is -2.21. The molecule has 2 bridgehead atoms. The van der Waals surface area contributed by atoms with E-state index < -0.39 is 0 Å². The summed E-state index contributed by atoms with van der Waals surface area (Å²) in [5.41, 5.74) is 0. The summed E-state index contributed by atoms with van der Waals surface area (Å²) in [5.74, 6) is 6.48. The molecule has 3 aliphatic rings. The van der Waals surface area contributed by atoms with E-state index in [4.69, 9.17) is 0 Å². The molecule has 3 heteroatoms. The lowest BCUT2D eigenvalue weighted by atomic mass is 9.95. The molecule has 1 N–H and O–H groups in total. The molecule has 0 radical (unpaired) electrons. The van der Waals surface area contributed by atoms with Crippen LogP contribution in [0.25, 0.3) is 0 Å². The van der Waals surface area contributed by atoms with E-state index >= 15 is 0 Å². The first-order valence-electron chi connectivity index (χ1n) is 8.56. The highest BCUT2D eigenvalue weighted by Gasteiger charge is 2.66. The van der Waals surface area contributed by atoms with Crippen molar-refractivity contribution in [2.75, 3.05) is 6.54 Å². The van der Waals surface area contributed by atoms with Crippen LogP contribution in [0.4, 0.5) is 0 Å². The number of nitrogens with one attached hydrogen (secondary N) is 1. The SMILES string of the molecule is CCNC(Cc1nccn1CC)C1C2C3CCC(C3)C21. The minimum atomic E-state index is 0.658. The zero-order valence-electron chi connectivity index (χ0n) is 12.8. The van der Waals surface area contributed by atoms with Gasteiger partial charge in [0.25, 0.3) is 0 Å². The van der Waals surface area contributed by atoms with Crippen molar-refractivity contribution in [1.29, 1.82) is 0 Å². The summed E-state index contributed by atoms with van der Waals surface area (Å²) in [7, 11) is 0. The quantitative estimate of drug-likeness (QED) is 0.863. The first kappa shape index (κ1) is 12.9. The lowest BCUT2D eigenvalue weighted by molar-refractivity contribution is 0.359. The molecule has 4 rings (SSSR count). The maximum Gasteiger partial charge on any atom is 0.110 e. The molecule has 5 unspecified atom stereocenters. The maximum absolute atomic E-state index is 4.59. The average Bonchev–Trinajstić information content (AvgIpc) is 2.84. The lowest BCUT2D eigenvalue weighted by Crippen LogP contribution is -2.36. The van der Waals surface area contributed by atoms with Gasteiger partial charge in [-0.05, 0) is 62.3 Å². The van der Waals surface area contributed by atoms with Gasteiger partial charge in [0.1, 0.15) is 5.82 Å². The number of aryl methyl sites for hydroxylation is 1. The Morgan fingerprint density at radius 2 is 2.05 bits per heavy atom. The zero-order valence-corrected chi connectivity index (χ0v) is 12.8. The van der Waals surface area contributed by atoms with Gasteiger partial charge in [-0.2, -0.15) is 0 Å². The summed E-state index contributed by atoms with van der Waals surface area (Å²) >= 11 is 0. The van der Waals surface area contributed by atoms with Crippen molar-refractivity contribution in [2.45, 2.75) is 52.1 Å². The summed E-state index contributed by atoms with van der Waals surface area (Å²) in [5, 5.41) is 3.78. The molecular weight excluding hydrogens is 246 g/mol. The second-order valence-corrected chi connectivity index (χ2v) is 7.06. The number of nitrogens with zero attached hydrogens (tertiary/aromatic N) is 2. The van der Waals surface area contributed by atoms with E-state index in [-0.39, 0.29) is 0 Å². The minimum absolute atomic E-state index is 0.658. The molecule has 3 nitrogen and oxygen atoms in total. The Bertz CT molecular complexity index is 464. The molecule has 1 aromatic heterocycles. The number of rotatable bonds is 6. The third-order valence-electron chi connectivity index (χ3n) is 6.27. The topological polar surface area (TPSA) is 29.9 Å². The van der Waals surface area contributed by atoms with E-state index in [0.717, 1.165) is 49.1 Å². The maximum atomic E-state index is 4.59. The third-order valence-corrected chi connectivity index (χ3v) is 6.27. The van der Waals surface area contributed by atoms with Crippen molar-refractivity contribution < 1.29 is 0 Å². The Kier molecular flexibility index (Phi) is 3.13. The van der Waals surface area contributed by atoms with Crippen LogP contribution >= 0.6 is 0 Å². The predicted molar refractivity (Wildman–Crippen MR) is 80.4 cm³/mol. The van der Waals surface area contributed by atoms with Crippen LogP contribution in [0.2, 0.25) is 0 Å². The highest BCUT2D eigenvalue weighted by Crippen LogP contribution is 2.70. The molecule has 1 aromatic rings.